The number of hydrogen-bond donors (Lipinski definition) is 1. The molecule has 3 aliphatic rings. The van der Waals surface area contributed by atoms with E-state index >= 15 is 0 Å². The number of aliphatic hydroxyl groups excluding tert-OH is 1. The molecule has 1 N–H and O–H groups in total. The molecule has 2 amide bonds. The lowest BCUT2D eigenvalue weighted by Gasteiger charge is -2.42. The van der Waals surface area contributed by atoms with Crippen molar-refractivity contribution in [3.63, 3.8) is 0 Å². The number of ether oxygens (including phenoxy) is 1. The van der Waals surface area contributed by atoms with Crippen LogP contribution in [0.3, 0.4) is 0 Å². The van der Waals surface area contributed by atoms with Crippen molar-refractivity contribution >= 4 is 45.5 Å². The zero-order valence-corrected chi connectivity index (χ0v) is 24.3. The maximum Gasteiger partial charge on any atom is 0.311 e. The highest BCUT2D eigenvalue weighted by molar-refractivity contribution is 9.09. The summed E-state index contributed by atoms with van der Waals surface area (Å²) in [7, 11) is 0. The molecular formula is C27H41BrN2O5S. The molecule has 1 spiro atoms. The van der Waals surface area contributed by atoms with Crippen LogP contribution in [-0.2, 0) is 19.1 Å². The third-order valence-corrected chi connectivity index (χ3v) is 11.5. The van der Waals surface area contributed by atoms with Gasteiger partial charge in [-0.25, -0.2) is 0 Å². The predicted octanol–water partition coefficient (Wildman–Crippen LogP) is 3.79. The Morgan fingerprint density at radius 1 is 1.33 bits per heavy atom. The molecule has 9 atom stereocenters. The standard InChI is InChI=1S/C27H41BrN2O5S/c1-7-11-17(6)29(12-8-2)25(33)23-27-14-18(28)22(36-27)20(26(34)35-13-9-3)21(27)24(32)30(23)19(15-31)16(5)10-4/h8-9,16-23,31H,2-3,7,10-15H2,1,4-6H3/t16-,17?,18?,19-,20+,21-,22+,23?,27?/m0/s1. The second kappa shape index (κ2) is 12.0. The van der Waals surface area contributed by atoms with Crippen molar-refractivity contribution in [1.82, 2.24) is 9.80 Å². The molecule has 9 heteroatoms. The summed E-state index contributed by atoms with van der Waals surface area (Å²) in [6.45, 7) is 15.8. The van der Waals surface area contributed by atoms with Crippen LogP contribution in [0, 0.1) is 17.8 Å². The molecule has 3 heterocycles. The molecule has 0 radical (unpaired) electrons. The summed E-state index contributed by atoms with van der Waals surface area (Å²) in [5.74, 6) is -2.10. The van der Waals surface area contributed by atoms with Gasteiger partial charge in [0.15, 0.2) is 0 Å². The zero-order valence-electron chi connectivity index (χ0n) is 21.9. The smallest absolute Gasteiger partial charge is 0.311 e. The fraction of sp³-hybridized carbons (Fsp3) is 0.741. The highest BCUT2D eigenvalue weighted by atomic mass is 79.9. The third kappa shape index (κ3) is 4.80. The van der Waals surface area contributed by atoms with Crippen LogP contribution in [0.1, 0.15) is 53.4 Å². The molecular weight excluding hydrogens is 544 g/mol. The Morgan fingerprint density at radius 2 is 2.03 bits per heavy atom. The summed E-state index contributed by atoms with van der Waals surface area (Å²) in [5, 5.41) is 10.3. The minimum atomic E-state index is -0.771. The molecule has 0 aromatic rings. The van der Waals surface area contributed by atoms with Gasteiger partial charge in [-0.15, -0.1) is 18.3 Å². The van der Waals surface area contributed by atoms with Crippen molar-refractivity contribution in [3.8, 4) is 0 Å². The first-order chi connectivity index (χ1) is 17.1. The number of alkyl halides is 1. The third-order valence-electron chi connectivity index (χ3n) is 8.27. The molecule has 0 aliphatic carbocycles. The van der Waals surface area contributed by atoms with Gasteiger partial charge in [0.1, 0.15) is 12.6 Å². The number of nitrogens with zero attached hydrogens (tertiary/aromatic N) is 2. The van der Waals surface area contributed by atoms with Gasteiger partial charge in [0.25, 0.3) is 0 Å². The molecule has 36 heavy (non-hydrogen) atoms. The lowest BCUT2D eigenvalue weighted by molar-refractivity contribution is -0.154. The summed E-state index contributed by atoms with van der Waals surface area (Å²) >= 11 is 5.36. The van der Waals surface area contributed by atoms with Gasteiger partial charge >= 0.3 is 5.97 Å². The molecule has 2 bridgehead atoms. The molecule has 3 rings (SSSR count). The van der Waals surface area contributed by atoms with Crippen LogP contribution in [-0.4, -0.2) is 85.4 Å². The van der Waals surface area contributed by atoms with Gasteiger partial charge in [-0.1, -0.05) is 68.3 Å². The number of carbonyl (C=O) groups is 3. The Morgan fingerprint density at radius 3 is 2.58 bits per heavy atom. The molecule has 202 valence electrons. The fourth-order valence-corrected chi connectivity index (χ4v) is 9.96. The van der Waals surface area contributed by atoms with E-state index < -0.39 is 34.6 Å². The van der Waals surface area contributed by atoms with E-state index in [-0.39, 0.29) is 47.1 Å². The van der Waals surface area contributed by atoms with Crippen molar-refractivity contribution < 1.29 is 24.2 Å². The van der Waals surface area contributed by atoms with Crippen LogP contribution < -0.4 is 0 Å². The number of halogens is 1. The summed E-state index contributed by atoms with van der Waals surface area (Å²) in [4.78, 5) is 45.4. The number of hydrogen-bond acceptors (Lipinski definition) is 6. The number of likely N-dealkylation sites (tertiary alicyclic amines) is 1. The van der Waals surface area contributed by atoms with E-state index in [4.69, 9.17) is 4.74 Å². The van der Waals surface area contributed by atoms with Crippen LogP contribution in [0.4, 0.5) is 0 Å². The fourth-order valence-electron chi connectivity index (χ4n) is 6.38. The normalized spacial score (nSPS) is 33.1. The summed E-state index contributed by atoms with van der Waals surface area (Å²) in [6, 6.07) is -1.31. The van der Waals surface area contributed by atoms with Gasteiger partial charge < -0.3 is 19.6 Å². The van der Waals surface area contributed by atoms with Crippen molar-refractivity contribution in [1.29, 1.82) is 0 Å². The Labute approximate surface area is 228 Å². The van der Waals surface area contributed by atoms with Gasteiger partial charge in [-0.05, 0) is 25.7 Å². The van der Waals surface area contributed by atoms with Gasteiger partial charge in [-0.3, -0.25) is 14.4 Å². The Hall–Kier alpha value is -1.32. The van der Waals surface area contributed by atoms with E-state index in [1.807, 2.05) is 25.7 Å². The van der Waals surface area contributed by atoms with Crippen molar-refractivity contribution in [2.75, 3.05) is 19.8 Å². The summed E-state index contributed by atoms with van der Waals surface area (Å²) in [6.07, 6.45) is 6.34. The maximum absolute atomic E-state index is 14.5. The van der Waals surface area contributed by atoms with Crippen LogP contribution in [0.2, 0.25) is 0 Å². The van der Waals surface area contributed by atoms with E-state index in [0.29, 0.717) is 13.0 Å². The number of fused-ring (bicyclic) bond motifs is 1. The lowest BCUT2D eigenvalue weighted by Crippen LogP contribution is -2.60. The van der Waals surface area contributed by atoms with Crippen molar-refractivity contribution in [2.45, 2.75) is 86.3 Å². The van der Waals surface area contributed by atoms with Crippen LogP contribution in [0.25, 0.3) is 0 Å². The highest BCUT2D eigenvalue weighted by Crippen LogP contribution is 2.68. The molecule has 0 aromatic heterocycles. The van der Waals surface area contributed by atoms with E-state index in [1.54, 1.807) is 22.7 Å². The monoisotopic (exact) mass is 584 g/mol. The molecule has 3 fully saturated rings. The highest BCUT2D eigenvalue weighted by Gasteiger charge is 2.76. The molecule has 4 unspecified atom stereocenters. The molecule has 0 saturated carbocycles. The number of amides is 2. The minimum absolute atomic E-state index is 0.0152. The number of esters is 1. The first-order valence-corrected chi connectivity index (χ1v) is 14.9. The van der Waals surface area contributed by atoms with Crippen molar-refractivity contribution in [2.24, 2.45) is 17.8 Å². The zero-order chi connectivity index (χ0) is 26.8. The van der Waals surface area contributed by atoms with E-state index in [1.165, 1.54) is 6.08 Å². The quantitative estimate of drug-likeness (QED) is 0.201. The largest absolute Gasteiger partial charge is 0.461 e. The van der Waals surface area contributed by atoms with Gasteiger partial charge in [0.2, 0.25) is 11.8 Å². The predicted molar refractivity (Wildman–Crippen MR) is 147 cm³/mol. The average Bonchev–Trinajstić information content (AvgIpc) is 3.44. The number of thioether (sulfide) groups is 1. The van der Waals surface area contributed by atoms with Crippen LogP contribution in [0.15, 0.2) is 25.3 Å². The second-order valence-electron chi connectivity index (χ2n) is 10.4. The van der Waals surface area contributed by atoms with Crippen molar-refractivity contribution in [3.05, 3.63) is 25.3 Å². The SMILES string of the molecule is C=CCOC(=O)[C@H]1[C@@H]2SC3(CC2Br)C(C(=O)N(CC=C)C(C)CCC)N([C@@H](CO)[C@@H](C)CC)C(=O)[C@H]13. The second-order valence-corrected chi connectivity index (χ2v) is 13.1. The minimum Gasteiger partial charge on any atom is -0.461 e. The molecule has 7 nitrogen and oxygen atoms in total. The molecule has 3 saturated heterocycles. The first-order valence-electron chi connectivity index (χ1n) is 13.1. The Balaban J connectivity index is 2.14. The number of rotatable bonds is 13. The van der Waals surface area contributed by atoms with Crippen LogP contribution in [0.5, 0.6) is 0 Å². The van der Waals surface area contributed by atoms with E-state index in [2.05, 4.69) is 36.0 Å². The summed E-state index contributed by atoms with van der Waals surface area (Å²) < 4.78 is 4.69. The molecule has 3 aliphatic heterocycles. The number of aliphatic hydroxyl groups is 1. The first kappa shape index (κ1) is 29.2. The topological polar surface area (TPSA) is 87.2 Å². The van der Waals surface area contributed by atoms with Gasteiger partial charge in [0, 0.05) is 22.7 Å². The Bertz CT molecular complexity index is 871. The van der Waals surface area contributed by atoms with E-state index in [0.717, 1.165) is 19.3 Å². The Kier molecular flexibility index (Phi) is 9.77. The van der Waals surface area contributed by atoms with Gasteiger partial charge in [-0.2, -0.15) is 0 Å². The lowest BCUT2D eigenvalue weighted by atomic mass is 9.71. The molecule has 0 aromatic carbocycles. The summed E-state index contributed by atoms with van der Waals surface area (Å²) in [5.41, 5.74) is 0. The van der Waals surface area contributed by atoms with Crippen LogP contribution >= 0.6 is 27.7 Å². The van der Waals surface area contributed by atoms with Gasteiger partial charge in [0.05, 0.1) is 29.2 Å². The van der Waals surface area contributed by atoms with E-state index in [9.17, 15) is 19.5 Å². The number of carbonyl (C=O) groups excluding carboxylic acids is 3. The average molecular weight is 586 g/mol. The maximum atomic E-state index is 14.5.